The summed E-state index contributed by atoms with van der Waals surface area (Å²) in [6, 6.07) is 7.80. The largest absolute Gasteiger partial charge is 0.356 e. The van der Waals surface area contributed by atoms with E-state index in [1.165, 1.54) is 0 Å². The summed E-state index contributed by atoms with van der Waals surface area (Å²) in [5.41, 5.74) is 7.54. The van der Waals surface area contributed by atoms with Gasteiger partial charge in [0.05, 0.1) is 0 Å². The Morgan fingerprint density at radius 2 is 2.24 bits per heavy atom. The van der Waals surface area contributed by atoms with Gasteiger partial charge in [-0.3, -0.25) is 9.59 Å². The molecule has 0 saturated heterocycles. The van der Waals surface area contributed by atoms with E-state index in [0.717, 1.165) is 11.3 Å². The van der Waals surface area contributed by atoms with Crippen LogP contribution < -0.4 is 16.4 Å². The van der Waals surface area contributed by atoms with Crippen LogP contribution in [0.25, 0.3) is 0 Å². The molecule has 0 aromatic heterocycles. The smallest absolute Gasteiger partial charge is 0.227 e. The minimum absolute atomic E-state index is 0.0110. The Labute approximate surface area is 125 Å². The molecule has 1 aliphatic heterocycles. The molecule has 0 saturated carbocycles. The van der Waals surface area contributed by atoms with E-state index >= 15 is 0 Å². The first-order valence-corrected chi connectivity index (χ1v) is 7.45. The molecule has 2 amide bonds. The monoisotopic (exact) mass is 289 g/mol. The number of nitrogens with two attached hydrogens (primary N) is 1. The van der Waals surface area contributed by atoms with Gasteiger partial charge in [0.25, 0.3) is 0 Å². The number of benzene rings is 1. The molecule has 0 spiro atoms. The molecule has 1 aromatic rings. The SMILES string of the molecule is CC(CN)CNC(=O)CCC1Cc2ccccc2NC1=O. The van der Waals surface area contributed by atoms with Crippen molar-refractivity contribution in [3.63, 3.8) is 0 Å². The summed E-state index contributed by atoms with van der Waals surface area (Å²) >= 11 is 0. The number of carbonyl (C=O) groups excluding carboxylic acids is 2. The fraction of sp³-hybridized carbons (Fsp3) is 0.500. The minimum atomic E-state index is -0.127. The van der Waals surface area contributed by atoms with E-state index in [0.29, 0.717) is 32.4 Å². The highest BCUT2D eigenvalue weighted by molar-refractivity contribution is 5.96. The van der Waals surface area contributed by atoms with Crippen LogP contribution in [0.3, 0.4) is 0 Å². The van der Waals surface area contributed by atoms with E-state index in [9.17, 15) is 9.59 Å². The maximum absolute atomic E-state index is 12.0. The fourth-order valence-corrected chi connectivity index (χ4v) is 2.41. The highest BCUT2D eigenvalue weighted by Gasteiger charge is 2.26. The number of rotatable bonds is 6. The van der Waals surface area contributed by atoms with E-state index in [4.69, 9.17) is 5.73 Å². The molecular formula is C16H23N3O2. The van der Waals surface area contributed by atoms with Crippen LogP contribution in [0.5, 0.6) is 0 Å². The summed E-state index contributed by atoms with van der Waals surface area (Å²) in [6.07, 6.45) is 1.65. The number of anilines is 1. The first-order chi connectivity index (χ1) is 10.1. The molecular weight excluding hydrogens is 266 g/mol. The van der Waals surface area contributed by atoms with Gasteiger partial charge in [-0.2, -0.15) is 0 Å². The molecule has 21 heavy (non-hydrogen) atoms. The number of nitrogens with one attached hydrogen (secondary N) is 2. The normalized spacial score (nSPS) is 18.6. The van der Waals surface area contributed by atoms with Crippen LogP contribution in [-0.4, -0.2) is 24.9 Å². The second-order valence-electron chi connectivity index (χ2n) is 5.73. The molecule has 0 fully saturated rings. The third-order valence-corrected chi connectivity index (χ3v) is 3.88. The third-order valence-electron chi connectivity index (χ3n) is 3.88. The van der Waals surface area contributed by atoms with Crippen molar-refractivity contribution < 1.29 is 9.59 Å². The highest BCUT2D eigenvalue weighted by atomic mass is 16.2. The first kappa shape index (κ1) is 15.5. The second kappa shape index (κ2) is 7.22. The molecule has 0 radical (unpaired) electrons. The van der Waals surface area contributed by atoms with Crippen molar-refractivity contribution in [3.05, 3.63) is 29.8 Å². The van der Waals surface area contributed by atoms with Crippen LogP contribution in [0.1, 0.15) is 25.3 Å². The molecule has 114 valence electrons. The summed E-state index contributed by atoms with van der Waals surface area (Å²) in [5.74, 6) is 0.148. The number of carbonyl (C=O) groups is 2. The quantitative estimate of drug-likeness (QED) is 0.738. The van der Waals surface area contributed by atoms with Crippen LogP contribution in [0.2, 0.25) is 0 Å². The lowest BCUT2D eigenvalue weighted by Crippen LogP contribution is -2.33. The lowest BCUT2D eigenvalue weighted by atomic mass is 9.89. The van der Waals surface area contributed by atoms with Gasteiger partial charge in [0.15, 0.2) is 0 Å². The Morgan fingerprint density at radius 3 is 3.00 bits per heavy atom. The van der Waals surface area contributed by atoms with E-state index in [2.05, 4.69) is 10.6 Å². The Bertz CT molecular complexity index is 516. The fourth-order valence-electron chi connectivity index (χ4n) is 2.41. The van der Waals surface area contributed by atoms with Gasteiger partial charge in [-0.15, -0.1) is 0 Å². The Morgan fingerprint density at radius 1 is 1.48 bits per heavy atom. The average Bonchev–Trinajstić information content (AvgIpc) is 2.50. The van der Waals surface area contributed by atoms with Crippen molar-refractivity contribution in [1.82, 2.24) is 5.32 Å². The van der Waals surface area contributed by atoms with Gasteiger partial charge in [0.1, 0.15) is 0 Å². The molecule has 4 N–H and O–H groups in total. The molecule has 0 aliphatic carbocycles. The van der Waals surface area contributed by atoms with Crippen LogP contribution in [0.4, 0.5) is 5.69 Å². The first-order valence-electron chi connectivity index (χ1n) is 7.45. The number of hydrogen-bond acceptors (Lipinski definition) is 3. The van der Waals surface area contributed by atoms with E-state index in [1.807, 2.05) is 31.2 Å². The van der Waals surface area contributed by atoms with Gasteiger partial charge in [-0.05, 0) is 36.9 Å². The maximum atomic E-state index is 12.0. The number of para-hydroxylation sites is 1. The van der Waals surface area contributed by atoms with Gasteiger partial charge < -0.3 is 16.4 Å². The van der Waals surface area contributed by atoms with Crippen molar-refractivity contribution in [2.75, 3.05) is 18.4 Å². The highest BCUT2D eigenvalue weighted by Crippen LogP contribution is 2.27. The zero-order chi connectivity index (χ0) is 15.2. The standard InChI is InChI=1S/C16H23N3O2/c1-11(9-17)10-18-15(20)7-6-13-8-12-4-2-3-5-14(12)19-16(13)21/h2-5,11,13H,6-10,17H2,1H3,(H,18,20)(H,19,21). The van der Waals surface area contributed by atoms with Crippen molar-refractivity contribution in [2.24, 2.45) is 17.6 Å². The predicted octanol–water partition coefficient (Wildman–Crippen LogP) is 1.29. The molecule has 0 bridgehead atoms. The Balaban J connectivity index is 1.81. The van der Waals surface area contributed by atoms with Crippen molar-refractivity contribution in [1.29, 1.82) is 0 Å². The zero-order valence-corrected chi connectivity index (χ0v) is 12.4. The molecule has 1 heterocycles. The number of hydrogen-bond donors (Lipinski definition) is 3. The van der Waals surface area contributed by atoms with Crippen LogP contribution in [0, 0.1) is 11.8 Å². The summed E-state index contributed by atoms with van der Waals surface area (Å²) in [6.45, 7) is 3.14. The van der Waals surface area contributed by atoms with E-state index in [1.54, 1.807) is 0 Å². The van der Waals surface area contributed by atoms with Crippen LogP contribution in [-0.2, 0) is 16.0 Å². The summed E-state index contributed by atoms with van der Waals surface area (Å²) in [7, 11) is 0. The summed E-state index contributed by atoms with van der Waals surface area (Å²) in [4.78, 5) is 23.8. The third kappa shape index (κ3) is 4.29. The Kier molecular flexibility index (Phi) is 5.33. The molecule has 5 heteroatoms. The molecule has 1 aliphatic rings. The minimum Gasteiger partial charge on any atom is -0.356 e. The molecule has 1 aromatic carbocycles. The zero-order valence-electron chi connectivity index (χ0n) is 12.4. The topological polar surface area (TPSA) is 84.2 Å². The lowest BCUT2D eigenvalue weighted by Gasteiger charge is -2.24. The van der Waals surface area contributed by atoms with Gasteiger partial charge >= 0.3 is 0 Å². The molecule has 2 unspecified atom stereocenters. The molecule has 5 nitrogen and oxygen atoms in total. The summed E-state index contributed by atoms with van der Waals surface area (Å²) in [5, 5.41) is 5.76. The number of fused-ring (bicyclic) bond motifs is 1. The molecule has 2 rings (SSSR count). The van der Waals surface area contributed by atoms with Crippen molar-refractivity contribution >= 4 is 17.5 Å². The number of amides is 2. The van der Waals surface area contributed by atoms with Crippen molar-refractivity contribution in [2.45, 2.75) is 26.2 Å². The van der Waals surface area contributed by atoms with Gasteiger partial charge in [0, 0.05) is 24.6 Å². The predicted molar refractivity (Wildman–Crippen MR) is 82.7 cm³/mol. The van der Waals surface area contributed by atoms with E-state index < -0.39 is 0 Å². The Hall–Kier alpha value is -1.88. The van der Waals surface area contributed by atoms with E-state index in [-0.39, 0.29) is 23.7 Å². The van der Waals surface area contributed by atoms with Gasteiger partial charge in [-0.1, -0.05) is 25.1 Å². The second-order valence-corrected chi connectivity index (χ2v) is 5.73. The maximum Gasteiger partial charge on any atom is 0.227 e. The van der Waals surface area contributed by atoms with Gasteiger partial charge in [0.2, 0.25) is 11.8 Å². The van der Waals surface area contributed by atoms with Gasteiger partial charge in [-0.25, -0.2) is 0 Å². The van der Waals surface area contributed by atoms with Crippen LogP contribution in [0.15, 0.2) is 24.3 Å². The average molecular weight is 289 g/mol. The van der Waals surface area contributed by atoms with Crippen LogP contribution >= 0.6 is 0 Å². The lowest BCUT2D eigenvalue weighted by molar-refractivity contribution is -0.122. The summed E-state index contributed by atoms with van der Waals surface area (Å²) < 4.78 is 0. The van der Waals surface area contributed by atoms with Crippen molar-refractivity contribution in [3.8, 4) is 0 Å². The molecule has 2 atom stereocenters.